The van der Waals surface area contributed by atoms with Crippen molar-refractivity contribution < 1.29 is 4.79 Å². The molecule has 0 radical (unpaired) electrons. The molecule has 0 bridgehead atoms. The fourth-order valence-corrected chi connectivity index (χ4v) is 0.725. The highest BCUT2D eigenvalue weighted by Gasteiger charge is 2.09. The van der Waals surface area contributed by atoms with Crippen molar-refractivity contribution in [3.63, 3.8) is 0 Å². The molecule has 0 saturated carbocycles. The Kier molecular flexibility index (Phi) is 1.45. The Morgan fingerprint density at radius 2 is 2.20 bits per heavy atom. The maximum Gasteiger partial charge on any atom is 0.269 e. The maximum absolute atomic E-state index is 10.6. The highest BCUT2D eigenvalue weighted by atomic mass is 16.1. The van der Waals surface area contributed by atoms with Crippen LogP contribution in [0.4, 0.5) is 0 Å². The Bertz CT molecular complexity index is 264. The molecule has 0 saturated heterocycles. The summed E-state index contributed by atoms with van der Waals surface area (Å²) in [7, 11) is 0. The molecule has 0 aliphatic carbocycles. The van der Waals surface area contributed by atoms with Gasteiger partial charge >= 0.3 is 0 Å². The average molecular weight is 139 g/mol. The van der Waals surface area contributed by atoms with Crippen molar-refractivity contribution in [1.82, 2.24) is 10.2 Å². The minimum absolute atomic E-state index is 0.331. The first-order valence-electron chi connectivity index (χ1n) is 2.94. The molecule has 1 amide bonds. The van der Waals surface area contributed by atoms with E-state index in [2.05, 4.69) is 10.2 Å². The van der Waals surface area contributed by atoms with E-state index in [0.29, 0.717) is 5.69 Å². The van der Waals surface area contributed by atoms with E-state index in [1.165, 1.54) is 0 Å². The quantitative estimate of drug-likeness (QED) is 0.580. The summed E-state index contributed by atoms with van der Waals surface area (Å²) in [6.45, 7) is 3.65. The van der Waals surface area contributed by atoms with Gasteiger partial charge < -0.3 is 5.73 Å². The molecule has 1 heterocycles. The third kappa shape index (κ3) is 0.877. The third-order valence-corrected chi connectivity index (χ3v) is 1.49. The summed E-state index contributed by atoms with van der Waals surface area (Å²) in [5.41, 5.74) is 7.05. The Labute approximate surface area is 58.4 Å². The predicted octanol–water partition coefficient (Wildman–Crippen LogP) is 0.125. The topological polar surface area (TPSA) is 71.8 Å². The molecule has 4 heteroatoms. The summed E-state index contributed by atoms with van der Waals surface area (Å²) in [5, 5.41) is 6.38. The van der Waals surface area contributed by atoms with Gasteiger partial charge in [-0.1, -0.05) is 0 Å². The second-order valence-corrected chi connectivity index (χ2v) is 2.19. The minimum atomic E-state index is -0.484. The molecule has 0 spiro atoms. The molecule has 54 valence electrons. The van der Waals surface area contributed by atoms with E-state index in [4.69, 9.17) is 5.73 Å². The van der Waals surface area contributed by atoms with Gasteiger partial charge in [-0.3, -0.25) is 9.89 Å². The molecule has 0 aromatic carbocycles. The van der Waals surface area contributed by atoms with Gasteiger partial charge in [0.1, 0.15) is 0 Å². The molecule has 0 aliphatic heterocycles. The van der Waals surface area contributed by atoms with E-state index in [0.717, 1.165) is 11.3 Å². The van der Waals surface area contributed by atoms with Gasteiger partial charge in [0.2, 0.25) is 0 Å². The summed E-state index contributed by atoms with van der Waals surface area (Å²) in [4.78, 5) is 10.6. The van der Waals surface area contributed by atoms with E-state index in [9.17, 15) is 4.79 Å². The van der Waals surface area contributed by atoms with E-state index in [-0.39, 0.29) is 0 Å². The summed E-state index contributed by atoms with van der Waals surface area (Å²) < 4.78 is 0. The summed E-state index contributed by atoms with van der Waals surface area (Å²) in [6.07, 6.45) is 0. The summed E-state index contributed by atoms with van der Waals surface area (Å²) in [5.74, 6) is -0.484. The highest BCUT2D eigenvalue weighted by molar-refractivity contribution is 5.92. The lowest BCUT2D eigenvalue weighted by molar-refractivity contribution is 0.0995. The van der Waals surface area contributed by atoms with Crippen LogP contribution in [0.15, 0.2) is 0 Å². The average Bonchev–Trinajstić information content (AvgIpc) is 2.14. The van der Waals surface area contributed by atoms with Crippen molar-refractivity contribution in [2.24, 2.45) is 5.73 Å². The number of hydrogen-bond acceptors (Lipinski definition) is 2. The molecule has 0 fully saturated rings. The number of aromatic amines is 1. The van der Waals surface area contributed by atoms with Crippen molar-refractivity contribution in [3.05, 3.63) is 17.0 Å². The number of nitrogens with two attached hydrogens (primary N) is 1. The second-order valence-electron chi connectivity index (χ2n) is 2.19. The molecule has 3 N–H and O–H groups in total. The van der Waals surface area contributed by atoms with E-state index in [1.807, 2.05) is 6.92 Å². The van der Waals surface area contributed by atoms with E-state index < -0.39 is 5.91 Å². The van der Waals surface area contributed by atoms with Gasteiger partial charge in [0.25, 0.3) is 5.91 Å². The van der Waals surface area contributed by atoms with Crippen molar-refractivity contribution >= 4 is 5.91 Å². The van der Waals surface area contributed by atoms with E-state index >= 15 is 0 Å². The van der Waals surface area contributed by atoms with Gasteiger partial charge in [0, 0.05) is 11.3 Å². The Morgan fingerprint density at radius 1 is 1.60 bits per heavy atom. The van der Waals surface area contributed by atoms with Crippen LogP contribution in [0.5, 0.6) is 0 Å². The number of amides is 1. The number of aromatic nitrogens is 2. The van der Waals surface area contributed by atoms with Crippen LogP contribution in [0.1, 0.15) is 21.7 Å². The van der Waals surface area contributed by atoms with Crippen molar-refractivity contribution in [2.75, 3.05) is 0 Å². The van der Waals surface area contributed by atoms with Gasteiger partial charge in [-0.25, -0.2) is 0 Å². The fraction of sp³-hybridized carbons (Fsp3) is 0.333. The lowest BCUT2D eigenvalue weighted by atomic mass is 10.2. The Balaban J connectivity index is 3.17. The second kappa shape index (κ2) is 2.13. The maximum atomic E-state index is 10.6. The van der Waals surface area contributed by atoms with Crippen LogP contribution in [-0.2, 0) is 0 Å². The van der Waals surface area contributed by atoms with Crippen molar-refractivity contribution in [3.8, 4) is 0 Å². The number of primary amides is 1. The molecule has 1 aromatic heterocycles. The minimum Gasteiger partial charge on any atom is -0.364 e. The number of nitrogens with one attached hydrogen (secondary N) is 1. The first kappa shape index (κ1) is 6.80. The first-order chi connectivity index (χ1) is 4.63. The lowest BCUT2D eigenvalue weighted by Crippen LogP contribution is -2.12. The monoisotopic (exact) mass is 139 g/mol. The molecule has 1 aromatic rings. The number of rotatable bonds is 1. The summed E-state index contributed by atoms with van der Waals surface area (Å²) >= 11 is 0. The van der Waals surface area contributed by atoms with Crippen LogP contribution in [0.3, 0.4) is 0 Å². The molecular formula is C6H9N3O. The van der Waals surface area contributed by atoms with Crippen LogP contribution in [0, 0.1) is 13.8 Å². The number of hydrogen-bond donors (Lipinski definition) is 2. The standard InChI is InChI=1S/C6H9N3O/c1-3-4(2)8-9-5(3)6(7)10/h1-2H3,(H2,7,10)(H,8,9). The number of carbonyl (C=O) groups is 1. The number of nitrogens with zero attached hydrogens (tertiary/aromatic N) is 1. The molecule has 10 heavy (non-hydrogen) atoms. The van der Waals surface area contributed by atoms with Crippen molar-refractivity contribution in [2.45, 2.75) is 13.8 Å². The molecule has 0 atom stereocenters. The van der Waals surface area contributed by atoms with Crippen LogP contribution < -0.4 is 5.73 Å². The number of aryl methyl sites for hydroxylation is 1. The van der Waals surface area contributed by atoms with Crippen LogP contribution >= 0.6 is 0 Å². The molecular weight excluding hydrogens is 130 g/mol. The van der Waals surface area contributed by atoms with Gasteiger partial charge in [-0.2, -0.15) is 5.10 Å². The zero-order chi connectivity index (χ0) is 7.72. The third-order valence-electron chi connectivity index (χ3n) is 1.49. The molecule has 1 rings (SSSR count). The van der Waals surface area contributed by atoms with Crippen LogP contribution in [-0.4, -0.2) is 16.1 Å². The molecule has 0 unspecified atom stereocenters. The van der Waals surface area contributed by atoms with E-state index in [1.54, 1.807) is 6.92 Å². The smallest absolute Gasteiger partial charge is 0.269 e. The van der Waals surface area contributed by atoms with Crippen LogP contribution in [0.25, 0.3) is 0 Å². The largest absolute Gasteiger partial charge is 0.364 e. The number of H-pyrrole nitrogens is 1. The highest BCUT2D eigenvalue weighted by Crippen LogP contribution is 2.06. The molecule has 0 aliphatic rings. The molecule has 4 nitrogen and oxygen atoms in total. The zero-order valence-electron chi connectivity index (χ0n) is 5.93. The van der Waals surface area contributed by atoms with Crippen molar-refractivity contribution in [1.29, 1.82) is 0 Å². The lowest BCUT2D eigenvalue weighted by Gasteiger charge is -1.88. The van der Waals surface area contributed by atoms with Crippen LogP contribution in [0.2, 0.25) is 0 Å². The predicted molar refractivity (Wildman–Crippen MR) is 36.6 cm³/mol. The fourth-order valence-electron chi connectivity index (χ4n) is 0.725. The van der Waals surface area contributed by atoms with Gasteiger partial charge in [0.05, 0.1) is 0 Å². The normalized spacial score (nSPS) is 9.80. The van der Waals surface area contributed by atoms with Gasteiger partial charge in [-0.15, -0.1) is 0 Å². The SMILES string of the molecule is Cc1[nH]nc(C(N)=O)c1C. The Hall–Kier alpha value is -1.32. The summed E-state index contributed by atoms with van der Waals surface area (Å²) in [6, 6.07) is 0. The Morgan fingerprint density at radius 3 is 2.40 bits per heavy atom. The number of carbonyl (C=O) groups excluding carboxylic acids is 1. The zero-order valence-corrected chi connectivity index (χ0v) is 5.93. The first-order valence-corrected chi connectivity index (χ1v) is 2.94. The van der Waals surface area contributed by atoms with Gasteiger partial charge in [0.15, 0.2) is 5.69 Å². The van der Waals surface area contributed by atoms with Gasteiger partial charge in [-0.05, 0) is 13.8 Å².